The highest BCUT2D eigenvalue weighted by Gasteiger charge is 2.04. The van der Waals surface area contributed by atoms with Crippen molar-refractivity contribution in [2.75, 3.05) is 39.9 Å². The lowest BCUT2D eigenvalue weighted by Crippen LogP contribution is -2.28. The van der Waals surface area contributed by atoms with E-state index < -0.39 is 0 Å². The van der Waals surface area contributed by atoms with Crippen LogP contribution >= 0.6 is 0 Å². The molecule has 21 heavy (non-hydrogen) atoms. The average molecular weight is 294 g/mol. The average Bonchev–Trinajstić information content (AvgIpc) is 2.46. The lowest BCUT2D eigenvalue weighted by atomic mass is 10.2. The maximum atomic E-state index is 5.91. The second-order valence-corrected chi connectivity index (χ2v) is 5.46. The third-order valence-corrected chi connectivity index (χ3v) is 3.19. The van der Waals surface area contributed by atoms with E-state index in [0.717, 1.165) is 38.5 Å². The van der Waals surface area contributed by atoms with E-state index in [1.54, 1.807) is 0 Å². The Labute approximate surface area is 129 Å². The van der Waals surface area contributed by atoms with Gasteiger partial charge in [0.25, 0.3) is 0 Å². The highest BCUT2D eigenvalue weighted by atomic mass is 16.5. The SMILES string of the molecule is CCNCc1ccccc1OCCN(C)CCOC(C)C. The summed E-state index contributed by atoms with van der Waals surface area (Å²) in [7, 11) is 2.09. The quantitative estimate of drug-likeness (QED) is 0.680. The van der Waals surface area contributed by atoms with Gasteiger partial charge in [-0.15, -0.1) is 0 Å². The third kappa shape index (κ3) is 8.05. The van der Waals surface area contributed by atoms with Gasteiger partial charge in [0.2, 0.25) is 0 Å². The summed E-state index contributed by atoms with van der Waals surface area (Å²) >= 11 is 0. The number of hydrogen-bond donors (Lipinski definition) is 1. The molecule has 0 aromatic heterocycles. The van der Waals surface area contributed by atoms with Crippen LogP contribution in [0, 0.1) is 0 Å². The van der Waals surface area contributed by atoms with Crippen LogP contribution in [-0.2, 0) is 11.3 Å². The molecule has 1 rings (SSSR count). The molecule has 0 heterocycles. The maximum Gasteiger partial charge on any atom is 0.123 e. The molecule has 0 aliphatic carbocycles. The van der Waals surface area contributed by atoms with Gasteiger partial charge in [-0.3, -0.25) is 0 Å². The summed E-state index contributed by atoms with van der Waals surface area (Å²) in [5.41, 5.74) is 1.21. The molecule has 0 bridgehead atoms. The lowest BCUT2D eigenvalue weighted by Gasteiger charge is -2.18. The van der Waals surface area contributed by atoms with Crippen LogP contribution in [0.25, 0.3) is 0 Å². The molecule has 0 radical (unpaired) electrons. The van der Waals surface area contributed by atoms with E-state index in [1.165, 1.54) is 5.56 Å². The van der Waals surface area contributed by atoms with Crippen molar-refractivity contribution in [1.82, 2.24) is 10.2 Å². The van der Waals surface area contributed by atoms with E-state index in [0.29, 0.717) is 12.7 Å². The highest BCUT2D eigenvalue weighted by Crippen LogP contribution is 2.17. The predicted molar refractivity (Wildman–Crippen MR) is 87.9 cm³/mol. The number of ether oxygens (including phenoxy) is 2. The van der Waals surface area contributed by atoms with Crippen molar-refractivity contribution in [3.05, 3.63) is 29.8 Å². The van der Waals surface area contributed by atoms with Crippen LogP contribution in [-0.4, -0.2) is 50.9 Å². The van der Waals surface area contributed by atoms with Crippen molar-refractivity contribution in [2.45, 2.75) is 33.4 Å². The number of nitrogens with zero attached hydrogens (tertiary/aromatic N) is 1. The number of rotatable bonds is 11. The van der Waals surface area contributed by atoms with E-state index >= 15 is 0 Å². The Morgan fingerprint density at radius 3 is 2.57 bits per heavy atom. The summed E-state index contributed by atoms with van der Waals surface area (Å²) in [5, 5.41) is 3.34. The van der Waals surface area contributed by atoms with E-state index in [2.05, 4.69) is 50.2 Å². The highest BCUT2D eigenvalue weighted by molar-refractivity contribution is 5.33. The Balaban J connectivity index is 2.28. The summed E-state index contributed by atoms with van der Waals surface area (Å²) in [6.45, 7) is 11.3. The fourth-order valence-electron chi connectivity index (χ4n) is 1.92. The Kier molecular flexibility index (Phi) is 9.06. The van der Waals surface area contributed by atoms with Crippen LogP contribution in [0.1, 0.15) is 26.3 Å². The van der Waals surface area contributed by atoms with E-state index in [-0.39, 0.29) is 0 Å². The molecule has 0 atom stereocenters. The molecule has 0 aliphatic rings. The van der Waals surface area contributed by atoms with Crippen molar-refractivity contribution < 1.29 is 9.47 Å². The van der Waals surface area contributed by atoms with Crippen LogP contribution in [0.15, 0.2) is 24.3 Å². The van der Waals surface area contributed by atoms with E-state index in [4.69, 9.17) is 9.47 Å². The summed E-state index contributed by atoms with van der Waals surface area (Å²) in [6.07, 6.45) is 0.299. The van der Waals surface area contributed by atoms with Crippen LogP contribution in [0.2, 0.25) is 0 Å². The van der Waals surface area contributed by atoms with Gasteiger partial charge in [0, 0.05) is 25.2 Å². The minimum Gasteiger partial charge on any atom is -0.492 e. The third-order valence-electron chi connectivity index (χ3n) is 3.19. The molecular formula is C17H30N2O2. The van der Waals surface area contributed by atoms with Crippen LogP contribution in [0.5, 0.6) is 5.75 Å². The van der Waals surface area contributed by atoms with Gasteiger partial charge in [-0.1, -0.05) is 25.1 Å². The fraction of sp³-hybridized carbons (Fsp3) is 0.647. The van der Waals surface area contributed by atoms with Crippen LogP contribution in [0.3, 0.4) is 0 Å². The Bertz CT molecular complexity index is 383. The molecule has 0 saturated carbocycles. The topological polar surface area (TPSA) is 33.7 Å². The molecule has 120 valence electrons. The second-order valence-electron chi connectivity index (χ2n) is 5.46. The zero-order valence-corrected chi connectivity index (χ0v) is 13.9. The zero-order chi connectivity index (χ0) is 15.5. The molecule has 1 aromatic carbocycles. The van der Waals surface area contributed by atoms with Gasteiger partial charge in [-0.05, 0) is 33.5 Å². The molecule has 1 aromatic rings. The van der Waals surface area contributed by atoms with E-state index in [1.807, 2.05) is 12.1 Å². The van der Waals surface area contributed by atoms with Crippen molar-refractivity contribution in [3.8, 4) is 5.75 Å². The molecule has 0 spiro atoms. The summed E-state index contributed by atoms with van der Waals surface area (Å²) in [6, 6.07) is 8.21. The summed E-state index contributed by atoms with van der Waals surface area (Å²) < 4.78 is 11.5. The van der Waals surface area contributed by atoms with Crippen molar-refractivity contribution in [2.24, 2.45) is 0 Å². The molecule has 1 N–H and O–H groups in total. The van der Waals surface area contributed by atoms with Crippen LogP contribution < -0.4 is 10.1 Å². The van der Waals surface area contributed by atoms with Crippen molar-refractivity contribution in [1.29, 1.82) is 0 Å². The first-order chi connectivity index (χ1) is 10.1. The molecule has 0 unspecified atom stereocenters. The first-order valence-corrected chi connectivity index (χ1v) is 7.85. The molecule has 4 heteroatoms. The Morgan fingerprint density at radius 2 is 1.86 bits per heavy atom. The maximum absolute atomic E-state index is 5.91. The predicted octanol–water partition coefficient (Wildman–Crippen LogP) is 2.53. The van der Waals surface area contributed by atoms with Gasteiger partial charge in [0.15, 0.2) is 0 Å². The normalized spacial score (nSPS) is 11.3. The molecule has 4 nitrogen and oxygen atoms in total. The Morgan fingerprint density at radius 1 is 1.14 bits per heavy atom. The zero-order valence-electron chi connectivity index (χ0n) is 13.9. The number of benzene rings is 1. The number of likely N-dealkylation sites (N-methyl/N-ethyl adjacent to an activating group) is 1. The summed E-state index contributed by atoms with van der Waals surface area (Å²) in [5.74, 6) is 0.977. The lowest BCUT2D eigenvalue weighted by molar-refractivity contribution is 0.0616. The van der Waals surface area contributed by atoms with Gasteiger partial charge >= 0.3 is 0 Å². The monoisotopic (exact) mass is 294 g/mol. The van der Waals surface area contributed by atoms with Crippen molar-refractivity contribution in [3.63, 3.8) is 0 Å². The standard InChI is InChI=1S/C17H30N2O2/c1-5-18-14-16-8-6-7-9-17(16)21-13-11-19(4)10-12-20-15(2)3/h6-9,15,18H,5,10-14H2,1-4H3. The van der Waals surface area contributed by atoms with Gasteiger partial charge in [0.05, 0.1) is 12.7 Å². The number of nitrogens with one attached hydrogen (secondary N) is 1. The Hall–Kier alpha value is -1.10. The van der Waals surface area contributed by atoms with Crippen LogP contribution in [0.4, 0.5) is 0 Å². The summed E-state index contributed by atoms with van der Waals surface area (Å²) in [4.78, 5) is 2.23. The van der Waals surface area contributed by atoms with Crippen molar-refractivity contribution >= 4 is 0 Å². The van der Waals surface area contributed by atoms with E-state index in [9.17, 15) is 0 Å². The number of para-hydroxylation sites is 1. The molecule has 0 amide bonds. The van der Waals surface area contributed by atoms with Gasteiger partial charge in [-0.2, -0.15) is 0 Å². The first-order valence-electron chi connectivity index (χ1n) is 7.85. The minimum absolute atomic E-state index is 0.299. The fourth-order valence-corrected chi connectivity index (χ4v) is 1.92. The smallest absolute Gasteiger partial charge is 0.123 e. The first kappa shape index (κ1) is 18.0. The largest absolute Gasteiger partial charge is 0.492 e. The molecule has 0 aliphatic heterocycles. The minimum atomic E-state index is 0.299. The number of hydrogen-bond acceptors (Lipinski definition) is 4. The molecule has 0 saturated heterocycles. The second kappa shape index (κ2) is 10.6. The molecule has 0 fully saturated rings. The van der Waals surface area contributed by atoms with Gasteiger partial charge in [-0.25, -0.2) is 0 Å². The van der Waals surface area contributed by atoms with Gasteiger partial charge < -0.3 is 19.7 Å². The van der Waals surface area contributed by atoms with Gasteiger partial charge in [0.1, 0.15) is 12.4 Å². The molecular weight excluding hydrogens is 264 g/mol.